The molecule has 1 aromatic rings. The summed E-state index contributed by atoms with van der Waals surface area (Å²) in [5, 5.41) is 54.9. The van der Waals surface area contributed by atoms with Crippen LogP contribution in [-0.4, -0.2) is 150 Å². The fourth-order valence-electron chi connectivity index (χ4n) is 10.1. The van der Waals surface area contributed by atoms with Crippen molar-refractivity contribution in [3.63, 3.8) is 0 Å². The Labute approximate surface area is 370 Å². The summed E-state index contributed by atoms with van der Waals surface area (Å²) < 4.78 is 39.2. The molecule has 3 fully saturated rings. The summed E-state index contributed by atoms with van der Waals surface area (Å²) in [6.45, 7) is 23.1. The minimum absolute atomic E-state index is 0.0736. The maximum Gasteiger partial charge on any atom is 0.311 e. The van der Waals surface area contributed by atoms with Gasteiger partial charge in [-0.05, 0) is 111 Å². The van der Waals surface area contributed by atoms with Gasteiger partial charge in [-0.2, -0.15) is 0 Å². The van der Waals surface area contributed by atoms with Crippen molar-refractivity contribution in [1.29, 1.82) is 0 Å². The number of esters is 1. The van der Waals surface area contributed by atoms with Crippen molar-refractivity contribution in [2.75, 3.05) is 39.6 Å². The SMILES string of the molecule is CC[C@H]1OC(=O)[C@H](C)[C@H](O[C@@H]2C[C@](C)(OC)[C@@](O)(CNc3cc(Cl)ccc3C)[C@H](C)O2)[C@H](C)[C@@H](O[C@@H]2O[C@H](C)C[C@H](N(C)C)[C@H]2O)C(C)(C)C[C@@H](C)NC[C@H](C)[C@@H](O)[C@]1(C)O. The summed E-state index contributed by atoms with van der Waals surface area (Å²) in [6.07, 6.45) is -6.25. The van der Waals surface area contributed by atoms with Crippen LogP contribution in [0.2, 0.25) is 5.02 Å². The second-order valence-corrected chi connectivity index (χ2v) is 20.4. The third-order valence-electron chi connectivity index (χ3n) is 14.2. The first kappa shape index (κ1) is 52.0. The molecule has 17 atom stereocenters. The number of ether oxygens (including phenoxy) is 6. The van der Waals surface area contributed by atoms with E-state index in [1.807, 2.05) is 65.7 Å². The van der Waals surface area contributed by atoms with Crippen molar-refractivity contribution in [2.24, 2.45) is 23.2 Å². The van der Waals surface area contributed by atoms with Gasteiger partial charge >= 0.3 is 5.97 Å². The van der Waals surface area contributed by atoms with Crippen molar-refractivity contribution in [3.05, 3.63) is 28.8 Å². The second kappa shape index (κ2) is 20.7. The minimum Gasteiger partial charge on any atom is -0.459 e. The molecule has 0 unspecified atom stereocenters. The third kappa shape index (κ3) is 11.6. The Hall–Kier alpha value is -1.66. The molecule has 352 valence electrons. The van der Waals surface area contributed by atoms with Gasteiger partial charge in [-0.1, -0.05) is 52.3 Å². The zero-order valence-electron chi connectivity index (χ0n) is 39.5. The molecule has 14 nitrogen and oxygen atoms in total. The van der Waals surface area contributed by atoms with E-state index in [1.54, 1.807) is 33.9 Å². The summed E-state index contributed by atoms with van der Waals surface area (Å²) in [5.41, 5.74) is -3.41. The van der Waals surface area contributed by atoms with Crippen LogP contribution in [0.15, 0.2) is 18.2 Å². The topological polar surface area (TPSA) is 181 Å². The quantitative estimate of drug-likeness (QED) is 0.167. The van der Waals surface area contributed by atoms with Crippen LogP contribution in [0.4, 0.5) is 5.69 Å². The zero-order chi connectivity index (χ0) is 46.0. The molecule has 0 aromatic heterocycles. The van der Waals surface area contributed by atoms with E-state index in [1.165, 1.54) is 6.92 Å². The van der Waals surface area contributed by atoms with E-state index >= 15 is 0 Å². The number of carbonyl (C=O) groups is 1. The van der Waals surface area contributed by atoms with Crippen LogP contribution >= 0.6 is 11.6 Å². The number of aliphatic hydroxyl groups excluding tert-OH is 2. The highest BCUT2D eigenvalue weighted by Crippen LogP contribution is 2.45. The average molecular weight is 887 g/mol. The van der Waals surface area contributed by atoms with Gasteiger partial charge in [0.1, 0.15) is 29.0 Å². The summed E-state index contributed by atoms with van der Waals surface area (Å²) in [4.78, 5) is 16.5. The molecule has 3 aliphatic rings. The molecule has 15 heteroatoms. The van der Waals surface area contributed by atoms with Crippen LogP contribution in [0.1, 0.15) is 107 Å². The molecule has 3 heterocycles. The van der Waals surface area contributed by atoms with Gasteiger partial charge in [0.2, 0.25) is 0 Å². The highest BCUT2D eigenvalue weighted by molar-refractivity contribution is 6.30. The van der Waals surface area contributed by atoms with Crippen LogP contribution in [0.5, 0.6) is 0 Å². The fourth-order valence-corrected chi connectivity index (χ4v) is 10.3. The van der Waals surface area contributed by atoms with Crippen molar-refractivity contribution in [1.82, 2.24) is 10.2 Å². The number of anilines is 1. The molecular formula is C46H80ClN3O11. The maximum atomic E-state index is 14.5. The molecule has 0 saturated carbocycles. The number of nitrogens with zero attached hydrogens (tertiary/aromatic N) is 1. The van der Waals surface area contributed by atoms with E-state index < -0.39 is 95.1 Å². The van der Waals surface area contributed by atoms with E-state index in [4.69, 9.17) is 40.0 Å². The Kier molecular flexibility index (Phi) is 17.6. The lowest BCUT2D eigenvalue weighted by Crippen LogP contribution is -2.69. The summed E-state index contributed by atoms with van der Waals surface area (Å²) >= 11 is 6.32. The number of rotatable bonds is 10. The molecule has 0 spiro atoms. The van der Waals surface area contributed by atoms with E-state index in [0.717, 1.165) is 11.3 Å². The molecule has 0 bridgehead atoms. The Bertz CT molecular complexity index is 1590. The first-order valence-electron chi connectivity index (χ1n) is 22.3. The number of nitrogens with one attached hydrogen (secondary N) is 2. The molecule has 4 rings (SSSR count). The summed E-state index contributed by atoms with van der Waals surface area (Å²) in [6, 6.07) is 5.22. The van der Waals surface area contributed by atoms with Gasteiger partial charge in [0, 0.05) is 55.3 Å². The summed E-state index contributed by atoms with van der Waals surface area (Å²) in [7, 11) is 5.40. The van der Waals surface area contributed by atoms with Gasteiger partial charge in [-0.3, -0.25) is 4.79 Å². The highest BCUT2D eigenvalue weighted by atomic mass is 35.5. The Morgan fingerprint density at radius 3 is 2.26 bits per heavy atom. The van der Waals surface area contributed by atoms with Gasteiger partial charge in [0.25, 0.3) is 0 Å². The number of halogens is 1. The number of cyclic esters (lactones) is 1. The summed E-state index contributed by atoms with van der Waals surface area (Å²) in [5.74, 6) is -2.54. The monoisotopic (exact) mass is 886 g/mol. The van der Waals surface area contributed by atoms with Crippen molar-refractivity contribution < 1.29 is 53.6 Å². The molecular weight excluding hydrogens is 806 g/mol. The Morgan fingerprint density at radius 1 is 1.00 bits per heavy atom. The molecule has 1 aromatic carbocycles. The van der Waals surface area contributed by atoms with Gasteiger partial charge in [-0.15, -0.1) is 0 Å². The van der Waals surface area contributed by atoms with Gasteiger partial charge in [-0.25, -0.2) is 0 Å². The first-order chi connectivity index (χ1) is 28.2. The molecule has 0 radical (unpaired) electrons. The van der Waals surface area contributed by atoms with Crippen LogP contribution in [0.25, 0.3) is 0 Å². The molecule has 6 N–H and O–H groups in total. The van der Waals surface area contributed by atoms with Crippen molar-refractivity contribution in [3.8, 4) is 0 Å². The van der Waals surface area contributed by atoms with Crippen molar-refractivity contribution >= 4 is 23.3 Å². The number of hydrogen-bond donors (Lipinski definition) is 6. The highest BCUT2D eigenvalue weighted by Gasteiger charge is 2.58. The fraction of sp³-hybridized carbons (Fsp3) is 0.848. The van der Waals surface area contributed by atoms with E-state index in [0.29, 0.717) is 24.4 Å². The number of aliphatic hydroxyl groups is 4. The lowest BCUT2D eigenvalue weighted by Gasteiger charge is -2.54. The molecule has 0 amide bonds. The molecule has 3 aliphatic heterocycles. The number of aryl methyl sites for hydroxylation is 1. The van der Waals surface area contributed by atoms with E-state index in [9.17, 15) is 25.2 Å². The van der Waals surface area contributed by atoms with Crippen LogP contribution in [0.3, 0.4) is 0 Å². The zero-order valence-corrected chi connectivity index (χ0v) is 40.3. The Morgan fingerprint density at radius 2 is 1.66 bits per heavy atom. The Balaban J connectivity index is 1.79. The van der Waals surface area contributed by atoms with E-state index in [2.05, 4.69) is 31.4 Å². The number of benzene rings is 1. The standard InChI is InChI=1S/C46H80ClN3O11/c1-16-35-45(12,54)39(52)26(3)23-48-27(4)21-43(9,10)40(61-42-37(51)34(50(13)14)19-28(5)57-42)29(6)38(30(7)41(53)59-35)60-36-22-44(11,56-15)46(55,31(8)58-36)24-49-33-20-32(47)18-17-25(33)2/h17-18,20,26-31,34-40,42,48-49,51-52,54-55H,16,19,21-24H2,1-15H3/t26-,27+,28+,29-,30+,31-,34-,35+,36+,37+,38+,39+,40+,42-,44-,45+,46+/m0/s1. The van der Waals surface area contributed by atoms with Crippen LogP contribution in [0, 0.1) is 30.1 Å². The normalized spacial score (nSPS) is 43.3. The molecule has 61 heavy (non-hydrogen) atoms. The van der Waals surface area contributed by atoms with Gasteiger partial charge < -0.3 is 64.4 Å². The van der Waals surface area contributed by atoms with Crippen LogP contribution in [-0.2, 0) is 33.2 Å². The lowest BCUT2D eigenvalue weighted by molar-refractivity contribution is -0.333. The van der Waals surface area contributed by atoms with Gasteiger partial charge in [0.15, 0.2) is 12.6 Å². The minimum atomic E-state index is -1.76. The van der Waals surface area contributed by atoms with E-state index in [-0.39, 0.29) is 37.6 Å². The second-order valence-electron chi connectivity index (χ2n) is 19.9. The predicted octanol–water partition coefficient (Wildman–Crippen LogP) is 5.28. The largest absolute Gasteiger partial charge is 0.459 e. The lowest BCUT2D eigenvalue weighted by atomic mass is 9.72. The average Bonchev–Trinajstić information content (AvgIpc) is 3.18. The predicted molar refractivity (Wildman–Crippen MR) is 236 cm³/mol. The maximum absolute atomic E-state index is 14.5. The van der Waals surface area contributed by atoms with Crippen molar-refractivity contribution in [2.45, 2.75) is 193 Å². The third-order valence-corrected chi connectivity index (χ3v) is 14.5. The molecule has 3 saturated heterocycles. The first-order valence-corrected chi connectivity index (χ1v) is 22.7. The number of methoxy groups -OCH3 is 1. The molecule has 0 aliphatic carbocycles. The number of likely N-dealkylation sites (N-methyl/N-ethyl adjacent to an activating group) is 1. The number of carbonyl (C=O) groups excluding carboxylic acids is 1. The number of hydrogen-bond acceptors (Lipinski definition) is 14. The smallest absolute Gasteiger partial charge is 0.311 e. The van der Waals surface area contributed by atoms with Crippen LogP contribution < -0.4 is 10.6 Å². The van der Waals surface area contributed by atoms with Gasteiger partial charge in [0.05, 0.1) is 36.4 Å².